The van der Waals surface area contributed by atoms with E-state index in [1.54, 1.807) is 6.08 Å². The Kier molecular flexibility index (Phi) is 11.0. The first-order valence-corrected chi connectivity index (χ1v) is 17.8. The maximum Gasteiger partial charge on any atom is 0.205 e. The number of ether oxygens (including phenoxy) is 7. The molecule has 0 unspecified atom stereocenters. The normalized spacial score (nSPS) is 16.6. The number of rotatable bonds is 11. The first-order valence-electron chi connectivity index (χ1n) is 17.0. The van der Waals surface area contributed by atoms with Gasteiger partial charge in [-0.1, -0.05) is 70.1 Å². The van der Waals surface area contributed by atoms with E-state index in [9.17, 15) is 0 Å². The second-order valence-corrected chi connectivity index (χ2v) is 16.9. The van der Waals surface area contributed by atoms with Gasteiger partial charge >= 0.3 is 0 Å². The summed E-state index contributed by atoms with van der Waals surface area (Å²) < 4.78 is 44.6. The predicted molar refractivity (Wildman–Crippen MR) is 196 cm³/mol. The lowest BCUT2D eigenvalue weighted by Gasteiger charge is -2.35. The van der Waals surface area contributed by atoms with Crippen molar-refractivity contribution in [2.24, 2.45) is 0 Å². The van der Waals surface area contributed by atoms with Crippen molar-refractivity contribution in [1.82, 2.24) is 0 Å². The zero-order chi connectivity index (χ0) is 35.8. The molecule has 3 aromatic rings. The molecule has 0 saturated heterocycles. The molecule has 0 aliphatic carbocycles. The van der Waals surface area contributed by atoms with E-state index in [1.165, 1.54) is 11.1 Å². The predicted octanol–water partition coefficient (Wildman–Crippen LogP) is 10.3. The van der Waals surface area contributed by atoms with Crippen molar-refractivity contribution >= 4 is 15.9 Å². The molecule has 7 nitrogen and oxygen atoms in total. The van der Waals surface area contributed by atoms with Crippen LogP contribution in [-0.4, -0.2) is 18.2 Å². The van der Waals surface area contributed by atoms with E-state index in [1.807, 2.05) is 39.8 Å². The summed E-state index contributed by atoms with van der Waals surface area (Å²) in [4.78, 5) is 0. The van der Waals surface area contributed by atoms with Crippen molar-refractivity contribution in [3.05, 3.63) is 98.0 Å². The summed E-state index contributed by atoms with van der Waals surface area (Å²) in [6, 6.07) is 12.8. The lowest BCUT2D eigenvalue weighted by atomic mass is 9.84. The van der Waals surface area contributed by atoms with Crippen molar-refractivity contribution in [2.45, 2.75) is 131 Å². The molecule has 0 saturated carbocycles. The molecular formula is C41H53BrO7. The molecule has 0 radical (unpaired) electrons. The molecule has 0 aromatic heterocycles. The third kappa shape index (κ3) is 9.27. The Bertz CT molecular complexity index is 1560. The van der Waals surface area contributed by atoms with Crippen molar-refractivity contribution in [1.29, 1.82) is 0 Å². The summed E-state index contributed by atoms with van der Waals surface area (Å²) in [6.07, 6.45) is 1.74. The van der Waals surface area contributed by atoms with Gasteiger partial charge in [0.2, 0.25) is 11.6 Å². The minimum absolute atomic E-state index is 0.0366. The van der Waals surface area contributed by atoms with Gasteiger partial charge in [0.05, 0.1) is 39.6 Å². The summed E-state index contributed by atoms with van der Waals surface area (Å²) >= 11 is 3.72. The summed E-state index contributed by atoms with van der Waals surface area (Å²) in [7, 11) is 0. The molecule has 2 aliphatic rings. The van der Waals surface area contributed by atoms with Crippen LogP contribution in [0.3, 0.4) is 0 Å². The summed E-state index contributed by atoms with van der Waals surface area (Å²) in [5, 5.41) is 0. The van der Waals surface area contributed by atoms with Crippen LogP contribution < -0.4 is 14.2 Å². The van der Waals surface area contributed by atoms with Crippen LogP contribution in [0, 0.1) is 0 Å². The van der Waals surface area contributed by atoms with E-state index >= 15 is 0 Å². The maximum absolute atomic E-state index is 6.42. The fourth-order valence-electron chi connectivity index (χ4n) is 5.92. The van der Waals surface area contributed by atoms with Crippen LogP contribution in [0.15, 0.2) is 53.5 Å². The Balaban J connectivity index is 1.37. The molecule has 0 amide bonds. The zero-order valence-corrected chi connectivity index (χ0v) is 32.5. The van der Waals surface area contributed by atoms with Crippen molar-refractivity contribution < 1.29 is 33.2 Å². The van der Waals surface area contributed by atoms with Gasteiger partial charge < -0.3 is 33.2 Å². The van der Waals surface area contributed by atoms with Crippen LogP contribution in [0.4, 0.5) is 0 Å². The van der Waals surface area contributed by atoms with E-state index in [4.69, 9.17) is 33.2 Å². The number of fused-ring (bicyclic) bond motifs is 2. The highest BCUT2D eigenvalue weighted by Crippen LogP contribution is 2.41. The Hall–Kier alpha value is -2.88. The fourth-order valence-corrected chi connectivity index (χ4v) is 6.47. The van der Waals surface area contributed by atoms with Gasteiger partial charge in [0.25, 0.3) is 0 Å². The monoisotopic (exact) mass is 736 g/mol. The van der Waals surface area contributed by atoms with Crippen molar-refractivity contribution in [3.63, 3.8) is 0 Å². The van der Waals surface area contributed by atoms with Crippen LogP contribution in [-0.2, 0) is 69.4 Å². The third-order valence-electron chi connectivity index (χ3n) is 8.65. The highest BCUT2D eigenvalue weighted by molar-refractivity contribution is 9.10. The second-order valence-electron chi connectivity index (χ2n) is 16.0. The minimum atomic E-state index is -0.709. The standard InChI is InChI=1S/C41H53BrO7/c1-12-13-45-35-30(22-43-20-26-14-32(38(2,3)4)16-28-24-46-40(8,9)48-36(26)28)18-34(42)19-31(35)23-44-21-27-15-33(39(5,6)7)17-29-25-47-41(10,11)49-37(27)29/h12,14-19H,1,13,20-25H2,2-11H3. The molecule has 2 aliphatic heterocycles. The number of benzene rings is 3. The van der Waals surface area contributed by atoms with E-state index in [2.05, 4.69) is 88.3 Å². The van der Waals surface area contributed by atoms with Crippen LogP contribution in [0.25, 0.3) is 0 Å². The van der Waals surface area contributed by atoms with Gasteiger partial charge in [-0.05, 0) is 58.4 Å². The zero-order valence-electron chi connectivity index (χ0n) is 30.9. The maximum atomic E-state index is 6.42. The Morgan fingerprint density at radius 3 is 1.47 bits per heavy atom. The van der Waals surface area contributed by atoms with Crippen LogP contribution >= 0.6 is 15.9 Å². The van der Waals surface area contributed by atoms with Gasteiger partial charge in [0.15, 0.2) is 0 Å². The van der Waals surface area contributed by atoms with E-state index in [0.717, 1.165) is 55.1 Å². The van der Waals surface area contributed by atoms with Crippen LogP contribution in [0.5, 0.6) is 17.2 Å². The largest absolute Gasteiger partial charge is 0.489 e. The quantitative estimate of drug-likeness (QED) is 0.182. The summed E-state index contributed by atoms with van der Waals surface area (Å²) in [6.45, 7) is 27.6. The minimum Gasteiger partial charge on any atom is -0.489 e. The Labute approximate surface area is 301 Å². The fraction of sp³-hybridized carbons (Fsp3) is 0.512. The van der Waals surface area contributed by atoms with Crippen molar-refractivity contribution in [2.75, 3.05) is 6.61 Å². The first kappa shape index (κ1) is 37.4. The molecule has 0 atom stereocenters. The topological polar surface area (TPSA) is 64.6 Å². The Morgan fingerprint density at radius 2 is 1.08 bits per heavy atom. The highest BCUT2D eigenvalue weighted by Gasteiger charge is 2.32. The number of hydrogen-bond donors (Lipinski definition) is 0. The molecule has 5 rings (SSSR count). The molecule has 0 spiro atoms. The molecule has 266 valence electrons. The molecule has 2 heterocycles. The lowest BCUT2D eigenvalue weighted by molar-refractivity contribution is -0.181. The molecular weight excluding hydrogens is 684 g/mol. The molecule has 0 bridgehead atoms. The molecule has 0 N–H and O–H groups in total. The van der Waals surface area contributed by atoms with E-state index < -0.39 is 11.6 Å². The average molecular weight is 738 g/mol. The summed E-state index contributed by atoms with van der Waals surface area (Å²) in [5.74, 6) is 0.994. The van der Waals surface area contributed by atoms with Gasteiger partial charge in [-0.3, -0.25) is 0 Å². The van der Waals surface area contributed by atoms with Gasteiger partial charge in [-0.25, -0.2) is 0 Å². The Morgan fingerprint density at radius 1 is 0.673 bits per heavy atom. The SMILES string of the molecule is C=CCOc1c(COCc2cc(C(C)(C)C)cc3c2OC(C)(C)OC3)cc(Br)cc1COCc1cc(C(C)(C)C)cc2c1OC(C)(C)OC2. The smallest absolute Gasteiger partial charge is 0.205 e. The molecule has 8 heteroatoms. The average Bonchev–Trinajstić information content (AvgIpc) is 2.99. The van der Waals surface area contributed by atoms with Crippen LogP contribution in [0.1, 0.15) is 114 Å². The van der Waals surface area contributed by atoms with Crippen molar-refractivity contribution in [3.8, 4) is 17.2 Å². The molecule has 3 aromatic carbocycles. The van der Waals surface area contributed by atoms with Gasteiger partial charge in [-0.15, -0.1) is 0 Å². The van der Waals surface area contributed by atoms with E-state index in [0.29, 0.717) is 46.2 Å². The third-order valence-corrected chi connectivity index (χ3v) is 9.10. The van der Waals surface area contributed by atoms with Gasteiger partial charge in [0, 0.05) is 65.5 Å². The lowest BCUT2D eigenvalue weighted by Crippen LogP contribution is -2.36. The molecule has 0 fully saturated rings. The van der Waals surface area contributed by atoms with Crippen LogP contribution in [0.2, 0.25) is 0 Å². The number of hydrogen-bond acceptors (Lipinski definition) is 7. The molecule has 49 heavy (non-hydrogen) atoms. The van der Waals surface area contributed by atoms with E-state index in [-0.39, 0.29) is 10.8 Å². The first-order chi connectivity index (χ1) is 22.8. The van der Waals surface area contributed by atoms with Gasteiger partial charge in [-0.2, -0.15) is 0 Å². The number of halogens is 1. The highest BCUT2D eigenvalue weighted by atomic mass is 79.9. The summed E-state index contributed by atoms with van der Waals surface area (Å²) in [5.41, 5.74) is 8.26. The van der Waals surface area contributed by atoms with Gasteiger partial charge in [0.1, 0.15) is 23.9 Å². The second kappa shape index (κ2) is 14.4.